The third kappa shape index (κ3) is 7.54. The van der Waals surface area contributed by atoms with Crippen molar-refractivity contribution in [3.05, 3.63) is 111 Å². The first-order chi connectivity index (χ1) is 18.4. The minimum Gasteiger partial charge on any atom is -0.870 e. The number of aromatic amines is 1. The Balaban J connectivity index is 0.00000420. The average Bonchev–Trinajstić information content (AvgIpc) is 2.93. The summed E-state index contributed by atoms with van der Waals surface area (Å²) in [6, 6.07) is 19.3. The van der Waals surface area contributed by atoms with Gasteiger partial charge in [-0.25, -0.2) is 9.78 Å². The number of halogens is 2. The monoisotopic (exact) mass is 570 g/mol. The Bertz CT molecular complexity index is 1400. The van der Waals surface area contributed by atoms with E-state index in [1.54, 1.807) is 69.1 Å². The SMILES string of the molecule is COc1ccc([C@H](Cc2c(Cl)c[nH+]cc2Cl)OC(=O)c2ccc(CNc3cccc(O)c3)cc2)cc1OC.[OH-]. The molecule has 1 heterocycles. The number of pyridine rings is 1. The molecule has 0 fully saturated rings. The highest BCUT2D eigenvalue weighted by Crippen LogP contribution is 2.35. The first-order valence-corrected chi connectivity index (χ1v) is 12.5. The van der Waals surface area contributed by atoms with Crippen LogP contribution in [0.5, 0.6) is 17.2 Å². The van der Waals surface area contributed by atoms with Gasteiger partial charge < -0.3 is 30.1 Å². The zero-order chi connectivity index (χ0) is 27.1. The number of H-pyrrole nitrogens is 1. The Morgan fingerprint density at radius 3 is 2.28 bits per heavy atom. The molecule has 0 aliphatic carbocycles. The Labute approximate surface area is 236 Å². The number of methoxy groups -OCH3 is 2. The molecule has 10 heteroatoms. The number of esters is 1. The lowest BCUT2D eigenvalue weighted by molar-refractivity contribution is -0.377. The van der Waals surface area contributed by atoms with Crippen LogP contribution in [0.3, 0.4) is 0 Å². The molecule has 4 N–H and O–H groups in total. The molecule has 4 aromatic rings. The van der Waals surface area contributed by atoms with Crippen molar-refractivity contribution in [2.45, 2.75) is 19.1 Å². The summed E-state index contributed by atoms with van der Waals surface area (Å²) in [5.41, 5.74) is 3.49. The number of aromatic hydroxyl groups is 1. The van der Waals surface area contributed by atoms with Crippen molar-refractivity contribution < 1.29 is 34.6 Å². The minimum atomic E-state index is -0.702. The van der Waals surface area contributed by atoms with E-state index in [1.807, 2.05) is 24.3 Å². The maximum atomic E-state index is 13.2. The van der Waals surface area contributed by atoms with Crippen LogP contribution < -0.4 is 19.8 Å². The normalized spacial score (nSPS) is 11.2. The quantitative estimate of drug-likeness (QED) is 0.221. The van der Waals surface area contributed by atoms with Gasteiger partial charge in [0.25, 0.3) is 0 Å². The van der Waals surface area contributed by atoms with Gasteiger partial charge in [0.2, 0.25) is 0 Å². The highest BCUT2D eigenvalue weighted by atomic mass is 35.5. The predicted molar refractivity (Wildman–Crippen MR) is 148 cm³/mol. The van der Waals surface area contributed by atoms with E-state index in [1.165, 1.54) is 0 Å². The molecule has 0 radical (unpaired) electrons. The van der Waals surface area contributed by atoms with E-state index in [9.17, 15) is 9.90 Å². The number of phenolic OH excluding ortho intramolecular Hbond substituents is 1. The molecule has 4 rings (SSSR count). The zero-order valence-corrected chi connectivity index (χ0v) is 22.8. The van der Waals surface area contributed by atoms with Crippen LogP contribution in [0.15, 0.2) is 79.1 Å². The minimum absolute atomic E-state index is 0. The number of aromatic nitrogens is 1. The molecule has 0 unspecified atom stereocenters. The molecule has 0 aliphatic rings. The van der Waals surface area contributed by atoms with E-state index in [2.05, 4.69) is 10.3 Å². The third-order valence-corrected chi connectivity index (χ3v) is 6.62. The van der Waals surface area contributed by atoms with Gasteiger partial charge in [0.05, 0.1) is 19.8 Å². The third-order valence-electron chi connectivity index (χ3n) is 5.95. The van der Waals surface area contributed by atoms with Crippen molar-refractivity contribution in [3.8, 4) is 17.2 Å². The molecule has 0 saturated heterocycles. The van der Waals surface area contributed by atoms with Crippen molar-refractivity contribution in [1.29, 1.82) is 0 Å². The van der Waals surface area contributed by atoms with Crippen LogP contribution in [0.25, 0.3) is 0 Å². The van der Waals surface area contributed by atoms with Gasteiger partial charge in [-0.05, 0) is 47.5 Å². The fourth-order valence-corrected chi connectivity index (χ4v) is 4.45. The van der Waals surface area contributed by atoms with E-state index in [4.69, 9.17) is 37.4 Å². The zero-order valence-electron chi connectivity index (χ0n) is 21.3. The highest BCUT2D eigenvalue weighted by molar-refractivity contribution is 6.35. The van der Waals surface area contributed by atoms with Crippen LogP contribution >= 0.6 is 23.2 Å². The molecule has 0 bridgehead atoms. The molecule has 0 saturated carbocycles. The topological polar surface area (TPSA) is 121 Å². The number of rotatable bonds is 10. The molecule has 0 amide bonds. The van der Waals surface area contributed by atoms with E-state index < -0.39 is 12.1 Å². The van der Waals surface area contributed by atoms with E-state index in [0.717, 1.165) is 11.3 Å². The van der Waals surface area contributed by atoms with Crippen molar-refractivity contribution in [2.24, 2.45) is 0 Å². The number of phenols is 1. The van der Waals surface area contributed by atoms with Gasteiger partial charge in [0.1, 0.15) is 21.9 Å². The van der Waals surface area contributed by atoms with Crippen LogP contribution in [0.2, 0.25) is 10.0 Å². The second kappa shape index (κ2) is 13.7. The summed E-state index contributed by atoms with van der Waals surface area (Å²) < 4.78 is 16.8. The van der Waals surface area contributed by atoms with Crippen molar-refractivity contribution >= 4 is 34.9 Å². The van der Waals surface area contributed by atoms with Crippen LogP contribution in [-0.2, 0) is 17.7 Å². The summed E-state index contributed by atoms with van der Waals surface area (Å²) in [7, 11) is 3.10. The van der Waals surface area contributed by atoms with Gasteiger partial charge in [-0.3, -0.25) is 0 Å². The van der Waals surface area contributed by atoms with Gasteiger partial charge in [-0.2, -0.15) is 0 Å². The number of carbonyl (C=O) groups is 1. The first kappa shape index (κ1) is 29.6. The fraction of sp³-hybridized carbons (Fsp3) is 0.172. The lowest BCUT2D eigenvalue weighted by Crippen LogP contribution is -2.16. The number of ether oxygens (including phenoxy) is 3. The molecule has 3 aromatic carbocycles. The van der Waals surface area contributed by atoms with E-state index in [-0.39, 0.29) is 17.6 Å². The molecule has 1 aromatic heterocycles. The van der Waals surface area contributed by atoms with Gasteiger partial charge in [-0.1, -0.05) is 47.5 Å². The maximum absolute atomic E-state index is 13.2. The molecular weight excluding hydrogens is 543 g/mol. The van der Waals surface area contributed by atoms with Gasteiger partial charge >= 0.3 is 5.97 Å². The Morgan fingerprint density at radius 2 is 1.64 bits per heavy atom. The lowest BCUT2D eigenvalue weighted by Gasteiger charge is -2.20. The summed E-state index contributed by atoms with van der Waals surface area (Å²) in [5.74, 6) is 0.759. The number of carbonyl (C=O) groups excluding carboxylic acids is 1. The van der Waals surface area contributed by atoms with Gasteiger partial charge in [0.15, 0.2) is 23.9 Å². The second-order valence-electron chi connectivity index (χ2n) is 8.44. The summed E-state index contributed by atoms with van der Waals surface area (Å²) in [5, 5.41) is 13.7. The Hall–Kier alpha value is -3.98. The number of benzene rings is 3. The molecule has 0 spiro atoms. The fourth-order valence-electron chi connectivity index (χ4n) is 3.91. The number of anilines is 1. The molecule has 39 heavy (non-hydrogen) atoms. The molecular formula is C29H28Cl2N2O6. The van der Waals surface area contributed by atoms with Crippen LogP contribution in [0, 0.1) is 0 Å². The number of hydrogen-bond acceptors (Lipinski definition) is 7. The van der Waals surface area contributed by atoms with Gasteiger partial charge in [-0.15, -0.1) is 0 Å². The van der Waals surface area contributed by atoms with E-state index >= 15 is 0 Å². The van der Waals surface area contributed by atoms with Crippen molar-refractivity contribution in [3.63, 3.8) is 0 Å². The summed E-state index contributed by atoms with van der Waals surface area (Å²) in [6.07, 6.45) is 2.80. The molecule has 1 atom stereocenters. The van der Waals surface area contributed by atoms with Gasteiger partial charge in [0, 0.05) is 30.3 Å². The Kier molecular flexibility index (Phi) is 10.4. The van der Waals surface area contributed by atoms with Crippen LogP contribution in [-0.4, -0.2) is 30.8 Å². The molecule has 8 nitrogen and oxygen atoms in total. The Morgan fingerprint density at radius 1 is 0.949 bits per heavy atom. The van der Waals surface area contributed by atoms with Crippen LogP contribution in [0.1, 0.15) is 33.2 Å². The van der Waals surface area contributed by atoms with Crippen molar-refractivity contribution in [1.82, 2.24) is 0 Å². The second-order valence-corrected chi connectivity index (χ2v) is 9.26. The summed E-state index contributed by atoms with van der Waals surface area (Å²) in [6.45, 7) is 0.523. The summed E-state index contributed by atoms with van der Waals surface area (Å²) in [4.78, 5) is 16.1. The lowest BCUT2D eigenvalue weighted by atomic mass is 10.0. The maximum Gasteiger partial charge on any atom is 0.338 e. The predicted octanol–water partition coefficient (Wildman–Crippen LogP) is 6.11. The summed E-state index contributed by atoms with van der Waals surface area (Å²) >= 11 is 12.8. The first-order valence-electron chi connectivity index (χ1n) is 11.8. The van der Waals surface area contributed by atoms with E-state index in [0.29, 0.717) is 44.8 Å². The molecule has 0 aliphatic heterocycles. The molecule has 204 valence electrons. The smallest absolute Gasteiger partial charge is 0.338 e. The highest BCUT2D eigenvalue weighted by Gasteiger charge is 2.24. The number of hydrogen-bond donors (Lipinski definition) is 2. The van der Waals surface area contributed by atoms with Crippen LogP contribution in [0.4, 0.5) is 5.69 Å². The largest absolute Gasteiger partial charge is 0.870 e. The standard InChI is InChI=1S/C29H26Cl2N2O5.H2O/c1-36-26-11-10-20(12-28(26)37-2)27(14-23-24(30)16-32-17-25(23)31)38-29(35)19-8-6-18(7-9-19)15-33-21-4-3-5-22(34)13-21;/h3-13,16-17,27,33-34H,14-15H2,1-2H3;1H2/t27-;/m0./s1. The number of nitrogens with one attached hydrogen (secondary N) is 2. The van der Waals surface area contributed by atoms with Crippen molar-refractivity contribution in [2.75, 3.05) is 19.5 Å². The average molecular weight is 571 g/mol.